The van der Waals surface area contributed by atoms with E-state index in [1.54, 1.807) is 0 Å². The Morgan fingerprint density at radius 2 is 2.00 bits per heavy atom. The van der Waals surface area contributed by atoms with Crippen molar-refractivity contribution in [3.63, 3.8) is 0 Å². The van der Waals surface area contributed by atoms with Crippen molar-refractivity contribution in [1.29, 1.82) is 0 Å². The lowest BCUT2D eigenvalue weighted by Crippen LogP contribution is -2.30. The fourth-order valence-corrected chi connectivity index (χ4v) is 2.84. The first-order valence-corrected chi connectivity index (χ1v) is 7.05. The Labute approximate surface area is 118 Å². The smallest absolute Gasteiger partial charge is 0.227 e. The third-order valence-corrected chi connectivity index (χ3v) is 4.01. The third-order valence-electron chi connectivity index (χ3n) is 3.65. The number of rotatable bonds is 2. The summed E-state index contributed by atoms with van der Waals surface area (Å²) in [6.07, 6.45) is 1.37. The zero-order chi connectivity index (χ0) is 13.2. The summed E-state index contributed by atoms with van der Waals surface area (Å²) in [6, 6.07) is 14.4. The van der Waals surface area contributed by atoms with Crippen LogP contribution in [0.4, 0.5) is 0 Å². The maximum absolute atomic E-state index is 12.2. The van der Waals surface area contributed by atoms with Gasteiger partial charge in [0.15, 0.2) is 0 Å². The van der Waals surface area contributed by atoms with Gasteiger partial charge >= 0.3 is 0 Å². The highest BCUT2D eigenvalue weighted by molar-refractivity contribution is 6.21. The molecule has 98 valence electrons. The van der Waals surface area contributed by atoms with Crippen LogP contribution >= 0.6 is 11.6 Å². The Morgan fingerprint density at radius 1 is 1.21 bits per heavy atom. The standard InChI is InChI=1S/C16H16ClNO/c17-15-7-8-18(11-15)16(19)10-12-5-6-13-3-1-2-4-14(13)9-12/h1-6,9,15H,7-8,10-11H2. The average Bonchev–Trinajstić information content (AvgIpc) is 2.85. The van der Waals surface area contributed by atoms with Crippen LogP contribution in [0.15, 0.2) is 42.5 Å². The summed E-state index contributed by atoms with van der Waals surface area (Å²) in [5.41, 5.74) is 1.07. The Hall–Kier alpha value is -1.54. The molecule has 1 amide bonds. The first-order valence-electron chi connectivity index (χ1n) is 6.62. The maximum atomic E-state index is 12.2. The number of halogens is 1. The summed E-state index contributed by atoms with van der Waals surface area (Å²) in [6.45, 7) is 1.48. The van der Waals surface area contributed by atoms with Crippen molar-refractivity contribution in [2.24, 2.45) is 0 Å². The van der Waals surface area contributed by atoms with Gasteiger partial charge in [-0.2, -0.15) is 0 Å². The SMILES string of the molecule is O=C(Cc1ccc2ccccc2c1)N1CCC(Cl)C1. The molecule has 1 saturated heterocycles. The molecular weight excluding hydrogens is 258 g/mol. The van der Waals surface area contributed by atoms with E-state index in [0.717, 1.165) is 18.5 Å². The molecule has 1 heterocycles. The first-order chi connectivity index (χ1) is 9.22. The predicted molar refractivity (Wildman–Crippen MR) is 78.5 cm³/mol. The van der Waals surface area contributed by atoms with Gasteiger partial charge in [0.05, 0.1) is 11.8 Å². The van der Waals surface area contributed by atoms with Gasteiger partial charge in [0.1, 0.15) is 0 Å². The molecule has 1 unspecified atom stereocenters. The number of carbonyl (C=O) groups excluding carboxylic acids is 1. The molecule has 3 rings (SSSR count). The molecule has 0 radical (unpaired) electrons. The molecule has 1 fully saturated rings. The molecular formula is C16H16ClNO. The molecule has 0 N–H and O–H groups in total. The van der Waals surface area contributed by atoms with E-state index in [1.165, 1.54) is 10.8 Å². The van der Waals surface area contributed by atoms with Crippen LogP contribution < -0.4 is 0 Å². The molecule has 0 saturated carbocycles. The largest absolute Gasteiger partial charge is 0.341 e. The summed E-state index contributed by atoms with van der Waals surface area (Å²) in [5.74, 6) is 0.179. The molecule has 0 bridgehead atoms. The quantitative estimate of drug-likeness (QED) is 0.770. The van der Waals surface area contributed by atoms with Gasteiger partial charge in [-0.05, 0) is 22.8 Å². The van der Waals surface area contributed by atoms with E-state index >= 15 is 0 Å². The van der Waals surface area contributed by atoms with Gasteiger partial charge in [-0.15, -0.1) is 11.6 Å². The minimum Gasteiger partial charge on any atom is -0.341 e. The number of likely N-dealkylation sites (tertiary alicyclic amines) is 1. The lowest BCUT2D eigenvalue weighted by atomic mass is 10.0. The van der Waals surface area contributed by atoms with Gasteiger partial charge in [-0.3, -0.25) is 4.79 Å². The number of alkyl halides is 1. The molecule has 0 aliphatic carbocycles. The van der Waals surface area contributed by atoms with E-state index in [-0.39, 0.29) is 11.3 Å². The van der Waals surface area contributed by atoms with Gasteiger partial charge in [0.25, 0.3) is 0 Å². The highest BCUT2D eigenvalue weighted by Gasteiger charge is 2.24. The van der Waals surface area contributed by atoms with E-state index in [4.69, 9.17) is 11.6 Å². The number of hydrogen-bond acceptors (Lipinski definition) is 1. The van der Waals surface area contributed by atoms with E-state index < -0.39 is 0 Å². The Balaban J connectivity index is 1.76. The maximum Gasteiger partial charge on any atom is 0.227 e. The van der Waals surface area contributed by atoms with E-state index in [1.807, 2.05) is 23.1 Å². The third kappa shape index (κ3) is 2.74. The second kappa shape index (κ2) is 5.22. The second-order valence-corrected chi connectivity index (χ2v) is 5.70. The van der Waals surface area contributed by atoms with Crippen LogP contribution in [-0.4, -0.2) is 29.3 Å². The van der Waals surface area contributed by atoms with Crippen LogP contribution in [0.1, 0.15) is 12.0 Å². The zero-order valence-corrected chi connectivity index (χ0v) is 11.4. The van der Waals surface area contributed by atoms with Crippen LogP contribution in [-0.2, 0) is 11.2 Å². The van der Waals surface area contributed by atoms with Crippen molar-refractivity contribution >= 4 is 28.3 Å². The molecule has 0 aromatic heterocycles. The van der Waals surface area contributed by atoms with Crippen LogP contribution in [0.5, 0.6) is 0 Å². The molecule has 2 aromatic carbocycles. The number of hydrogen-bond donors (Lipinski definition) is 0. The van der Waals surface area contributed by atoms with Crippen molar-refractivity contribution in [2.45, 2.75) is 18.2 Å². The minimum atomic E-state index is 0.126. The van der Waals surface area contributed by atoms with Crippen LogP contribution in [0.2, 0.25) is 0 Å². The molecule has 1 atom stereocenters. The fraction of sp³-hybridized carbons (Fsp3) is 0.312. The number of nitrogens with zero attached hydrogens (tertiary/aromatic N) is 1. The normalized spacial score (nSPS) is 19.0. The summed E-state index contributed by atoms with van der Waals surface area (Å²) in [5, 5.41) is 2.52. The van der Waals surface area contributed by atoms with Crippen molar-refractivity contribution in [2.75, 3.05) is 13.1 Å². The highest BCUT2D eigenvalue weighted by atomic mass is 35.5. The average molecular weight is 274 g/mol. The van der Waals surface area contributed by atoms with Gasteiger partial charge in [0.2, 0.25) is 5.91 Å². The van der Waals surface area contributed by atoms with Crippen molar-refractivity contribution < 1.29 is 4.79 Å². The topological polar surface area (TPSA) is 20.3 Å². The van der Waals surface area contributed by atoms with Gasteiger partial charge < -0.3 is 4.90 Å². The molecule has 2 aromatic rings. The molecule has 1 aliphatic heterocycles. The lowest BCUT2D eigenvalue weighted by Gasteiger charge is -2.15. The lowest BCUT2D eigenvalue weighted by molar-refractivity contribution is -0.129. The fourth-order valence-electron chi connectivity index (χ4n) is 2.58. The van der Waals surface area contributed by atoms with Crippen LogP contribution in [0.3, 0.4) is 0 Å². The highest BCUT2D eigenvalue weighted by Crippen LogP contribution is 2.19. The monoisotopic (exact) mass is 273 g/mol. The van der Waals surface area contributed by atoms with Crippen molar-refractivity contribution in [3.05, 3.63) is 48.0 Å². The summed E-state index contributed by atoms with van der Waals surface area (Å²) >= 11 is 6.04. The molecule has 3 heteroatoms. The van der Waals surface area contributed by atoms with Crippen LogP contribution in [0.25, 0.3) is 10.8 Å². The van der Waals surface area contributed by atoms with Gasteiger partial charge in [-0.1, -0.05) is 42.5 Å². The molecule has 19 heavy (non-hydrogen) atoms. The van der Waals surface area contributed by atoms with E-state index in [0.29, 0.717) is 13.0 Å². The summed E-state index contributed by atoms with van der Waals surface area (Å²) in [7, 11) is 0. The first kappa shape index (κ1) is 12.5. The molecule has 2 nitrogen and oxygen atoms in total. The van der Waals surface area contributed by atoms with E-state index in [2.05, 4.69) is 24.3 Å². The van der Waals surface area contributed by atoms with E-state index in [9.17, 15) is 4.79 Å². The summed E-state index contributed by atoms with van der Waals surface area (Å²) in [4.78, 5) is 14.0. The predicted octanol–water partition coefficient (Wildman–Crippen LogP) is 3.22. The van der Waals surface area contributed by atoms with Crippen molar-refractivity contribution in [1.82, 2.24) is 4.90 Å². The number of amides is 1. The molecule has 0 spiro atoms. The number of carbonyl (C=O) groups is 1. The zero-order valence-electron chi connectivity index (χ0n) is 10.7. The summed E-state index contributed by atoms with van der Waals surface area (Å²) < 4.78 is 0. The number of benzene rings is 2. The Bertz CT molecular complexity index is 610. The Morgan fingerprint density at radius 3 is 2.74 bits per heavy atom. The molecule has 1 aliphatic rings. The number of fused-ring (bicyclic) bond motifs is 1. The Kier molecular flexibility index (Phi) is 3.43. The minimum absolute atomic E-state index is 0.126. The van der Waals surface area contributed by atoms with Crippen LogP contribution in [0, 0.1) is 0 Å². The second-order valence-electron chi connectivity index (χ2n) is 5.08. The van der Waals surface area contributed by atoms with Crippen molar-refractivity contribution in [3.8, 4) is 0 Å². The van der Waals surface area contributed by atoms with Gasteiger partial charge in [0, 0.05) is 13.1 Å². The van der Waals surface area contributed by atoms with Gasteiger partial charge in [-0.25, -0.2) is 0 Å².